The summed E-state index contributed by atoms with van der Waals surface area (Å²) >= 11 is 0. The third kappa shape index (κ3) is 3.44. The maximum atomic E-state index is 8.64. The molecule has 1 unspecified atom stereocenters. The first kappa shape index (κ1) is 14.7. The Hall–Kier alpha value is -1.70. The monoisotopic (exact) mass is 280 g/mol. The number of rotatable bonds is 6. The average Bonchev–Trinajstić information content (AvgIpc) is 2.96. The van der Waals surface area contributed by atoms with Crippen LogP contribution in [0.15, 0.2) is 23.5 Å². The molecule has 0 bridgehead atoms. The van der Waals surface area contributed by atoms with Gasteiger partial charge in [-0.2, -0.15) is 0 Å². The van der Waals surface area contributed by atoms with E-state index in [1.807, 2.05) is 6.07 Å². The molecule has 1 atom stereocenters. The van der Waals surface area contributed by atoms with E-state index in [1.54, 1.807) is 19.4 Å². The number of oxime groups is 1. The highest BCUT2D eigenvalue weighted by molar-refractivity contribution is 5.95. The minimum absolute atomic E-state index is 0.00408. The summed E-state index contributed by atoms with van der Waals surface area (Å²) in [5.74, 6) is 0.00408. The number of hydrogen-bond donors (Lipinski definition) is 3. The summed E-state index contributed by atoms with van der Waals surface area (Å²) in [6.07, 6.45) is 2.53. The van der Waals surface area contributed by atoms with Crippen molar-refractivity contribution in [1.82, 2.24) is 10.3 Å². The van der Waals surface area contributed by atoms with Gasteiger partial charge in [-0.1, -0.05) is 5.16 Å². The third-order valence-corrected chi connectivity index (χ3v) is 3.47. The summed E-state index contributed by atoms with van der Waals surface area (Å²) in [5.41, 5.74) is 6.74. The van der Waals surface area contributed by atoms with Crippen molar-refractivity contribution < 1.29 is 14.7 Å². The van der Waals surface area contributed by atoms with Crippen LogP contribution in [0.25, 0.3) is 0 Å². The fraction of sp³-hybridized carbons (Fsp3) is 0.538. The molecule has 0 saturated carbocycles. The molecule has 0 aliphatic carbocycles. The summed E-state index contributed by atoms with van der Waals surface area (Å²) in [6, 6.07) is 3.67. The molecule has 20 heavy (non-hydrogen) atoms. The zero-order valence-electron chi connectivity index (χ0n) is 11.5. The molecule has 0 aromatic carbocycles. The number of pyridine rings is 1. The summed E-state index contributed by atoms with van der Waals surface area (Å²) in [6.45, 7) is 2.71. The summed E-state index contributed by atoms with van der Waals surface area (Å²) in [7, 11) is 1.71. The van der Waals surface area contributed by atoms with E-state index < -0.39 is 0 Å². The van der Waals surface area contributed by atoms with Crippen molar-refractivity contribution in [3.63, 3.8) is 0 Å². The molecule has 7 heteroatoms. The van der Waals surface area contributed by atoms with Crippen LogP contribution in [0, 0.1) is 0 Å². The van der Waals surface area contributed by atoms with E-state index in [-0.39, 0.29) is 11.4 Å². The number of nitrogens with two attached hydrogens (primary N) is 1. The van der Waals surface area contributed by atoms with Gasteiger partial charge in [0.1, 0.15) is 11.3 Å². The van der Waals surface area contributed by atoms with E-state index in [0.29, 0.717) is 25.4 Å². The molecule has 1 aromatic rings. The Kier molecular flexibility index (Phi) is 4.89. The highest BCUT2D eigenvalue weighted by Crippen LogP contribution is 2.21. The first-order valence-electron chi connectivity index (χ1n) is 6.45. The van der Waals surface area contributed by atoms with Gasteiger partial charge in [0.2, 0.25) is 0 Å². The summed E-state index contributed by atoms with van der Waals surface area (Å²) in [5, 5.41) is 14.9. The number of ether oxygens (including phenoxy) is 2. The standard InChI is InChI=1S/C13H20N4O3/c1-19-13(3-5-20-9-13)8-15-7-10-2-4-16-11(6-10)12(14)17-18/h2,4,6,15,18H,3,5,7-9H2,1H3,(H2,14,17). The van der Waals surface area contributed by atoms with Crippen molar-refractivity contribution in [3.05, 3.63) is 29.6 Å². The predicted molar refractivity (Wildman–Crippen MR) is 73.6 cm³/mol. The minimum atomic E-state index is -0.235. The van der Waals surface area contributed by atoms with Gasteiger partial charge in [0, 0.05) is 39.4 Å². The lowest BCUT2D eigenvalue weighted by Crippen LogP contribution is -2.42. The molecular weight excluding hydrogens is 260 g/mol. The zero-order valence-corrected chi connectivity index (χ0v) is 11.5. The molecular formula is C13H20N4O3. The third-order valence-electron chi connectivity index (χ3n) is 3.47. The van der Waals surface area contributed by atoms with Gasteiger partial charge < -0.3 is 25.7 Å². The maximum Gasteiger partial charge on any atom is 0.188 e. The second kappa shape index (κ2) is 6.65. The molecule has 0 amide bonds. The van der Waals surface area contributed by atoms with Crippen LogP contribution < -0.4 is 11.1 Å². The molecule has 1 fully saturated rings. The largest absolute Gasteiger partial charge is 0.409 e. The van der Waals surface area contributed by atoms with Crippen LogP contribution in [0.1, 0.15) is 17.7 Å². The average molecular weight is 280 g/mol. The number of hydrogen-bond acceptors (Lipinski definition) is 6. The highest BCUT2D eigenvalue weighted by Gasteiger charge is 2.34. The van der Waals surface area contributed by atoms with Crippen LogP contribution in [0.5, 0.6) is 0 Å². The lowest BCUT2D eigenvalue weighted by molar-refractivity contribution is -0.0159. The Bertz CT molecular complexity index is 472. The zero-order chi connectivity index (χ0) is 14.4. The van der Waals surface area contributed by atoms with Gasteiger partial charge in [-0.3, -0.25) is 4.98 Å². The fourth-order valence-corrected chi connectivity index (χ4v) is 2.17. The Balaban J connectivity index is 1.91. The van der Waals surface area contributed by atoms with E-state index >= 15 is 0 Å². The van der Waals surface area contributed by atoms with Crippen molar-refractivity contribution in [2.75, 3.05) is 26.9 Å². The Morgan fingerprint density at radius 1 is 1.70 bits per heavy atom. The first-order valence-corrected chi connectivity index (χ1v) is 6.45. The molecule has 110 valence electrons. The molecule has 0 spiro atoms. The molecule has 4 N–H and O–H groups in total. The maximum absolute atomic E-state index is 8.64. The number of methoxy groups -OCH3 is 1. The molecule has 1 aliphatic heterocycles. The normalized spacial score (nSPS) is 23.1. The Morgan fingerprint density at radius 3 is 3.20 bits per heavy atom. The van der Waals surface area contributed by atoms with Gasteiger partial charge >= 0.3 is 0 Å². The topological polar surface area (TPSA) is 102 Å². The number of nitrogens with one attached hydrogen (secondary N) is 1. The summed E-state index contributed by atoms with van der Waals surface area (Å²) < 4.78 is 10.9. The van der Waals surface area contributed by atoms with Crippen LogP contribution in [0.3, 0.4) is 0 Å². The first-order chi connectivity index (χ1) is 9.69. The van der Waals surface area contributed by atoms with E-state index in [2.05, 4.69) is 15.5 Å². The predicted octanol–water partition coefficient (Wildman–Crippen LogP) is 0.0712. The smallest absolute Gasteiger partial charge is 0.188 e. The van der Waals surface area contributed by atoms with Crippen LogP contribution >= 0.6 is 0 Å². The second-order valence-electron chi connectivity index (χ2n) is 4.83. The molecule has 7 nitrogen and oxygen atoms in total. The SMILES string of the molecule is COC1(CNCc2ccnc(/C(N)=N/O)c2)CCOC1. The van der Waals surface area contributed by atoms with Crippen molar-refractivity contribution >= 4 is 5.84 Å². The number of amidine groups is 1. The second-order valence-corrected chi connectivity index (χ2v) is 4.83. The van der Waals surface area contributed by atoms with Gasteiger partial charge in [-0.15, -0.1) is 0 Å². The number of aromatic nitrogens is 1. The Morgan fingerprint density at radius 2 is 2.55 bits per heavy atom. The molecule has 1 aromatic heterocycles. The molecule has 1 aliphatic rings. The van der Waals surface area contributed by atoms with E-state index in [0.717, 1.165) is 18.6 Å². The fourth-order valence-electron chi connectivity index (χ4n) is 2.17. The lowest BCUT2D eigenvalue weighted by Gasteiger charge is -2.26. The van der Waals surface area contributed by atoms with Gasteiger partial charge in [0.25, 0.3) is 0 Å². The van der Waals surface area contributed by atoms with Gasteiger partial charge in [-0.05, 0) is 17.7 Å². The van der Waals surface area contributed by atoms with Crippen LogP contribution in [0.2, 0.25) is 0 Å². The van der Waals surface area contributed by atoms with E-state index in [4.69, 9.17) is 20.4 Å². The lowest BCUT2D eigenvalue weighted by atomic mass is 10.0. The van der Waals surface area contributed by atoms with Crippen molar-refractivity contribution in [2.24, 2.45) is 10.9 Å². The van der Waals surface area contributed by atoms with Crippen LogP contribution in [-0.2, 0) is 16.0 Å². The quantitative estimate of drug-likeness (QED) is 0.295. The van der Waals surface area contributed by atoms with E-state index in [9.17, 15) is 0 Å². The van der Waals surface area contributed by atoms with Crippen molar-refractivity contribution in [2.45, 2.75) is 18.6 Å². The highest BCUT2D eigenvalue weighted by atomic mass is 16.5. The van der Waals surface area contributed by atoms with Gasteiger partial charge in [0.05, 0.1) is 6.61 Å². The molecule has 1 saturated heterocycles. The number of nitrogens with zero attached hydrogens (tertiary/aromatic N) is 2. The van der Waals surface area contributed by atoms with Crippen molar-refractivity contribution in [3.8, 4) is 0 Å². The minimum Gasteiger partial charge on any atom is -0.409 e. The van der Waals surface area contributed by atoms with Gasteiger partial charge in [-0.25, -0.2) is 0 Å². The van der Waals surface area contributed by atoms with Crippen LogP contribution in [-0.4, -0.2) is 48.5 Å². The molecule has 2 heterocycles. The molecule has 0 radical (unpaired) electrons. The summed E-state index contributed by atoms with van der Waals surface area (Å²) in [4.78, 5) is 4.04. The van der Waals surface area contributed by atoms with Gasteiger partial charge in [0.15, 0.2) is 5.84 Å². The molecule has 2 rings (SSSR count). The van der Waals surface area contributed by atoms with E-state index in [1.165, 1.54) is 0 Å². The van der Waals surface area contributed by atoms with Crippen LogP contribution in [0.4, 0.5) is 0 Å². The Labute approximate surface area is 117 Å². The van der Waals surface area contributed by atoms with Crippen molar-refractivity contribution in [1.29, 1.82) is 0 Å².